The molecule has 2 heterocycles. The number of hydrogen-bond donors (Lipinski definition) is 4. The minimum absolute atomic E-state index is 0.0644. The van der Waals surface area contributed by atoms with Crippen LogP contribution in [0, 0.1) is 6.92 Å². The number of benzene rings is 3. The molecule has 206 valence electrons. The maximum Gasteiger partial charge on any atom is 0.303 e. The van der Waals surface area contributed by atoms with Crippen molar-refractivity contribution in [1.82, 2.24) is 4.90 Å². The van der Waals surface area contributed by atoms with E-state index < -0.39 is 5.97 Å². The molecular weight excluding hydrogens is 490 g/mol. The zero-order valence-electron chi connectivity index (χ0n) is 23.0. The number of likely N-dealkylation sites (N-methyl/N-ethyl adjacent to an activating group) is 1. The molecule has 2 aliphatic rings. The van der Waals surface area contributed by atoms with Gasteiger partial charge in [-0.05, 0) is 86.5 Å². The molecule has 2 aliphatic heterocycles. The quantitative estimate of drug-likeness (QED) is 0.249. The van der Waals surface area contributed by atoms with Crippen molar-refractivity contribution in [1.29, 1.82) is 0 Å². The van der Waals surface area contributed by atoms with Gasteiger partial charge in [0.15, 0.2) is 0 Å². The van der Waals surface area contributed by atoms with E-state index in [-0.39, 0.29) is 18.6 Å². The number of aryl methyl sites for hydroxylation is 1. The van der Waals surface area contributed by atoms with Gasteiger partial charge in [0.2, 0.25) is 0 Å². The molecule has 0 amide bonds. The summed E-state index contributed by atoms with van der Waals surface area (Å²) >= 11 is 0. The Kier molecular flexibility index (Phi) is 8.12. The number of rotatable bonds is 10. The number of nitrogens with one attached hydrogen (secondary N) is 3. The highest BCUT2D eigenvalue weighted by atomic mass is 16.5. The Morgan fingerprint density at radius 2 is 1.85 bits per heavy atom. The second-order valence-electron chi connectivity index (χ2n) is 10.6. The standard InChI is InChI=1S/C31H39N5O3/c1-21-18-25(36-15-13-35(3)14-16-36)10-12-27(21)32-22(2)23-9-11-28-29(20-23)34-31(33-28)24-6-4-7-26(19-24)39-17-5-8-30(37)38/h4,6-7,9-12,18-20,22,31-34H,5,8,13-17H2,1-3H3,(H,37,38). The van der Waals surface area contributed by atoms with Gasteiger partial charge < -0.3 is 35.6 Å². The zero-order valence-corrected chi connectivity index (χ0v) is 23.0. The van der Waals surface area contributed by atoms with Crippen LogP contribution in [-0.4, -0.2) is 55.8 Å². The lowest BCUT2D eigenvalue weighted by Gasteiger charge is -2.34. The van der Waals surface area contributed by atoms with Gasteiger partial charge >= 0.3 is 5.97 Å². The first-order valence-corrected chi connectivity index (χ1v) is 13.8. The fraction of sp³-hybridized carbons (Fsp3) is 0.387. The lowest BCUT2D eigenvalue weighted by molar-refractivity contribution is -0.137. The van der Waals surface area contributed by atoms with Crippen LogP contribution in [0.3, 0.4) is 0 Å². The van der Waals surface area contributed by atoms with E-state index in [0.717, 1.165) is 54.6 Å². The molecule has 8 nitrogen and oxygen atoms in total. The van der Waals surface area contributed by atoms with Gasteiger partial charge in [0.05, 0.1) is 18.0 Å². The molecule has 3 aromatic carbocycles. The molecule has 0 spiro atoms. The lowest BCUT2D eigenvalue weighted by atomic mass is 10.1. The summed E-state index contributed by atoms with van der Waals surface area (Å²) in [6.07, 6.45) is 0.531. The number of fused-ring (bicyclic) bond motifs is 1. The summed E-state index contributed by atoms with van der Waals surface area (Å²) in [4.78, 5) is 15.6. The van der Waals surface area contributed by atoms with E-state index in [1.165, 1.54) is 16.8 Å². The minimum atomic E-state index is -0.803. The highest BCUT2D eigenvalue weighted by molar-refractivity contribution is 5.76. The van der Waals surface area contributed by atoms with Gasteiger partial charge in [0.1, 0.15) is 11.9 Å². The molecular formula is C31H39N5O3. The van der Waals surface area contributed by atoms with Crippen LogP contribution in [0.4, 0.5) is 22.7 Å². The molecule has 0 aromatic heterocycles. The second kappa shape index (κ2) is 11.9. The molecule has 0 bridgehead atoms. The van der Waals surface area contributed by atoms with Crippen LogP contribution in [0.5, 0.6) is 5.75 Å². The third kappa shape index (κ3) is 6.57. The first-order chi connectivity index (χ1) is 18.9. The molecule has 1 fully saturated rings. The predicted molar refractivity (Wildman–Crippen MR) is 158 cm³/mol. The molecule has 1 saturated heterocycles. The summed E-state index contributed by atoms with van der Waals surface area (Å²) in [7, 11) is 2.18. The number of carbonyl (C=O) groups is 1. The van der Waals surface area contributed by atoms with Crippen LogP contribution in [0.25, 0.3) is 0 Å². The van der Waals surface area contributed by atoms with E-state index in [4.69, 9.17) is 9.84 Å². The molecule has 4 N–H and O–H groups in total. The number of aliphatic carboxylic acids is 1. The number of ether oxygens (including phenoxy) is 1. The molecule has 0 saturated carbocycles. The number of hydrogen-bond acceptors (Lipinski definition) is 7. The highest BCUT2D eigenvalue weighted by Crippen LogP contribution is 2.38. The average Bonchev–Trinajstić information content (AvgIpc) is 3.36. The van der Waals surface area contributed by atoms with E-state index >= 15 is 0 Å². The molecule has 2 atom stereocenters. The van der Waals surface area contributed by atoms with Crippen molar-refractivity contribution in [3.05, 3.63) is 77.4 Å². The number of carboxylic acid groups (broad SMARTS) is 1. The molecule has 0 aliphatic carbocycles. The van der Waals surface area contributed by atoms with Crippen molar-refractivity contribution < 1.29 is 14.6 Å². The van der Waals surface area contributed by atoms with Crippen LogP contribution in [0.2, 0.25) is 0 Å². The van der Waals surface area contributed by atoms with Crippen molar-refractivity contribution >= 4 is 28.7 Å². The minimum Gasteiger partial charge on any atom is -0.494 e. The maximum absolute atomic E-state index is 10.7. The molecule has 2 unspecified atom stereocenters. The number of nitrogens with zero attached hydrogens (tertiary/aromatic N) is 2. The maximum atomic E-state index is 10.7. The second-order valence-corrected chi connectivity index (χ2v) is 10.6. The van der Waals surface area contributed by atoms with Crippen molar-refractivity contribution in [2.24, 2.45) is 0 Å². The van der Waals surface area contributed by atoms with Gasteiger partial charge in [-0.2, -0.15) is 0 Å². The number of anilines is 4. The van der Waals surface area contributed by atoms with Crippen LogP contribution < -0.4 is 25.6 Å². The van der Waals surface area contributed by atoms with Gasteiger partial charge in [0.25, 0.3) is 0 Å². The lowest BCUT2D eigenvalue weighted by Crippen LogP contribution is -2.44. The summed E-state index contributed by atoms with van der Waals surface area (Å²) in [6.45, 7) is 9.10. The normalized spacial score (nSPS) is 17.6. The molecule has 39 heavy (non-hydrogen) atoms. The van der Waals surface area contributed by atoms with Gasteiger partial charge in [-0.25, -0.2) is 0 Å². The molecule has 8 heteroatoms. The van der Waals surface area contributed by atoms with Gasteiger partial charge in [-0.15, -0.1) is 0 Å². The first kappa shape index (κ1) is 26.7. The topological polar surface area (TPSA) is 89.1 Å². The monoisotopic (exact) mass is 529 g/mol. The Morgan fingerprint density at radius 3 is 2.62 bits per heavy atom. The van der Waals surface area contributed by atoms with Crippen LogP contribution in [0.15, 0.2) is 60.7 Å². The van der Waals surface area contributed by atoms with Crippen LogP contribution in [0.1, 0.15) is 48.7 Å². The Hall–Kier alpha value is -3.91. The van der Waals surface area contributed by atoms with Crippen molar-refractivity contribution in [2.45, 2.75) is 38.9 Å². The van der Waals surface area contributed by atoms with Crippen molar-refractivity contribution in [3.8, 4) is 5.75 Å². The Morgan fingerprint density at radius 1 is 1.05 bits per heavy atom. The van der Waals surface area contributed by atoms with Gasteiger partial charge in [0, 0.05) is 50.0 Å². The predicted octanol–water partition coefficient (Wildman–Crippen LogP) is 5.70. The molecule has 0 radical (unpaired) electrons. The summed E-state index contributed by atoms with van der Waals surface area (Å²) < 4.78 is 5.76. The van der Waals surface area contributed by atoms with E-state index in [0.29, 0.717) is 13.0 Å². The summed E-state index contributed by atoms with van der Waals surface area (Å²) in [5, 5.41) is 19.7. The Labute approximate surface area is 231 Å². The largest absolute Gasteiger partial charge is 0.494 e. The van der Waals surface area contributed by atoms with E-state index in [9.17, 15) is 4.79 Å². The van der Waals surface area contributed by atoms with Crippen LogP contribution >= 0.6 is 0 Å². The van der Waals surface area contributed by atoms with Crippen molar-refractivity contribution in [2.75, 3.05) is 60.7 Å². The first-order valence-electron chi connectivity index (χ1n) is 13.8. The third-order valence-electron chi connectivity index (χ3n) is 7.59. The van der Waals surface area contributed by atoms with Gasteiger partial charge in [-0.3, -0.25) is 4.79 Å². The third-order valence-corrected chi connectivity index (χ3v) is 7.59. The zero-order chi connectivity index (χ0) is 27.4. The van der Waals surface area contributed by atoms with E-state index in [1.54, 1.807) is 0 Å². The molecule has 5 rings (SSSR count). The summed E-state index contributed by atoms with van der Waals surface area (Å²) in [5.74, 6) is -0.0624. The number of carboxylic acids is 1. The van der Waals surface area contributed by atoms with E-state index in [2.05, 4.69) is 89.1 Å². The molecule has 3 aromatic rings. The van der Waals surface area contributed by atoms with Crippen LogP contribution in [-0.2, 0) is 4.79 Å². The fourth-order valence-corrected chi connectivity index (χ4v) is 5.18. The summed E-state index contributed by atoms with van der Waals surface area (Å²) in [5.41, 5.74) is 8.12. The summed E-state index contributed by atoms with van der Waals surface area (Å²) in [6, 6.07) is 21.3. The smallest absolute Gasteiger partial charge is 0.303 e. The number of piperazine rings is 1. The van der Waals surface area contributed by atoms with Crippen molar-refractivity contribution in [3.63, 3.8) is 0 Å². The van der Waals surface area contributed by atoms with Gasteiger partial charge in [-0.1, -0.05) is 18.2 Å². The highest BCUT2D eigenvalue weighted by Gasteiger charge is 2.23. The SMILES string of the molecule is Cc1cc(N2CCN(C)CC2)ccc1NC(C)c1ccc2c(c1)NC(c1cccc(OCCCC(=O)O)c1)N2. The Balaban J connectivity index is 1.20. The van der Waals surface area contributed by atoms with E-state index in [1.807, 2.05) is 18.2 Å². The average molecular weight is 530 g/mol. The fourth-order valence-electron chi connectivity index (χ4n) is 5.18. The Bertz CT molecular complexity index is 1310.